The van der Waals surface area contributed by atoms with Crippen molar-refractivity contribution in [1.29, 1.82) is 0 Å². The third-order valence-electron chi connectivity index (χ3n) is 2.76. The molecule has 21 heavy (non-hydrogen) atoms. The summed E-state index contributed by atoms with van der Waals surface area (Å²) in [6, 6.07) is 1.50. The molecule has 2 fully saturated rings. The molecule has 0 bridgehead atoms. The van der Waals surface area contributed by atoms with Gasteiger partial charge in [0.15, 0.2) is 6.23 Å². The Bertz CT molecular complexity index is 615. The van der Waals surface area contributed by atoms with Crippen molar-refractivity contribution in [2.24, 2.45) is 0 Å². The third kappa shape index (κ3) is 3.32. The molecule has 3 heterocycles. The molecule has 1 aromatic heterocycles. The van der Waals surface area contributed by atoms with Gasteiger partial charge in [0.05, 0.1) is 19.8 Å². The molecule has 0 amide bonds. The average Bonchev–Trinajstić information content (AvgIpc) is 3.10. The van der Waals surface area contributed by atoms with Gasteiger partial charge in [0, 0.05) is 12.1 Å². The van der Waals surface area contributed by atoms with Crippen LogP contribution in [-0.4, -0.2) is 42.1 Å². The van der Waals surface area contributed by atoms with Gasteiger partial charge in [-0.25, -0.2) is 4.79 Å². The maximum absolute atomic E-state index is 11.7. The van der Waals surface area contributed by atoms with Crippen molar-refractivity contribution in [1.82, 2.24) is 9.55 Å². The lowest BCUT2D eigenvalue weighted by atomic mass is 10.5. The van der Waals surface area contributed by atoms with Crippen LogP contribution in [0, 0.1) is 12.0 Å². The fourth-order valence-electron chi connectivity index (χ4n) is 1.79. The van der Waals surface area contributed by atoms with Crippen LogP contribution >= 0.6 is 0 Å². The highest BCUT2D eigenvalue weighted by molar-refractivity contribution is 5.23. The first-order chi connectivity index (χ1) is 10.2. The summed E-state index contributed by atoms with van der Waals surface area (Å²) in [6.07, 6.45) is 2.47. The average molecular weight is 295 g/mol. The Balaban J connectivity index is 1.57. The second-order valence-electron chi connectivity index (χ2n) is 4.19. The number of anilines is 1. The summed E-state index contributed by atoms with van der Waals surface area (Å²) in [5.41, 5.74) is 4.91. The molecule has 2 atom stereocenters. The van der Waals surface area contributed by atoms with Gasteiger partial charge in [0.2, 0.25) is 6.29 Å². The summed E-state index contributed by atoms with van der Waals surface area (Å²) in [5.74, 6) is 2.75. The lowest BCUT2D eigenvalue weighted by Gasteiger charge is -2.10. The van der Waals surface area contributed by atoms with Crippen LogP contribution in [0.1, 0.15) is 6.23 Å². The van der Waals surface area contributed by atoms with Crippen LogP contribution in [0.4, 0.5) is 5.82 Å². The molecular formula is C12H13N3O6. The van der Waals surface area contributed by atoms with Crippen molar-refractivity contribution in [2.45, 2.75) is 19.0 Å². The summed E-state index contributed by atoms with van der Waals surface area (Å²) in [4.78, 5) is 15.3. The van der Waals surface area contributed by atoms with Crippen molar-refractivity contribution in [3.63, 3.8) is 0 Å². The highest BCUT2D eigenvalue weighted by Crippen LogP contribution is 2.19. The fourth-order valence-corrected chi connectivity index (χ4v) is 1.79. The van der Waals surface area contributed by atoms with Gasteiger partial charge in [-0.2, -0.15) is 4.98 Å². The molecule has 9 heteroatoms. The number of hydrogen-bond donors (Lipinski definition) is 1. The Kier molecular flexibility index (Phi) is 4.03. The predicted molar refractivity (Wildman–Crippen MR) is 67.3 cm³/mol. The van der Waals surface area contributed by atoms with E-state index in [1.54, 1.807) is 0 Å². The molecular weight excluding hydrogens is 282 g/mol. The van der Waals surface area contributed by atoms with Gasteiger partial charge in [-0.1, -0.05) is 0 Å². The largest absolute Gasteiger partial charge is 0.389 e. The minimum absolute atomic E-state index is 0.150. The number of rotatable bonds is 2. The zero-order valence-corrected chi connectivity index (χ0v) is 10.9. The SMILES string of the molecule is Nc1ccn([C@@H]2CO[C@H](C#COC3OCCO3)O2)c(=O)n1. The van der Waals surface area contributed by atoms with E-state index in [4.69, 9.17) is 29.4 Å². The molecule has 2 N–H and O–H groups in total. The molecule has 2 aliphatic rings. The van der Waals surface area contributed by atoms with E-state index in [0.29, 0.717) is 13.2 Å². The maximum Gasteiger partial charge on any atom is 0.351 e. The highest BCUT2D eigenvalue weighted by atomic mass is 16.9. The number of hydrogen-bond acceptors (Lipinski definition) is 8. The van der Waals surface area contributed by atoms with Crippen LogP contribution < -0.4 is 11.4 Å². The van der Waals surface area contributed by atoms with Crippen molar-refractivity contribution < 1.29 is 23.7 Å². The molecule has 112 valence electrons. The zero-order chi connectivity index (χ0) is 14.7. The number of ether oxygens (including phenoxy) is 5. The van der Waals surface area contributed by atoms with Crippen LogP contribution in [0.5, 0.6) is 0 Å². The first-order valence-electron chi connectivity index (χ1n) is 6.23. The van der Waals surface area contributed by atoms with Crippen molar-refractivity contribution >= 4 is 5.82 Å². The second-order valence-corrected chi connectivity index (χ2v) is 4.19. The fraction of sp³-hybridized carbons (Fsp3) is 0.500. The molecule has 0 saturated carbocycles. The minimum Gasteiger partial charge on any atom is -0.389 e. The van der Waals surface area contributed by atoms with Crippen LogP contribution in [0.2, 0.25) is 0 Å². The predicted octanol–water partition coefficient (Wildman–Crippen LogP) is -0.995. The second kappa shape index (κ2) is 6.11. The van der Waals surface area contributed by atoms with Crippen LogP contribution in [0.3, 0.4) is 0 Å². The van der Waals surface area contributed by atoms with Gasteiger partial charge < -0.3 is 29.4 Å². The Hall–Kier alpha value is -2.12. The van der Waals surface area contributed by atoms with E-state index in [-0.39, 0.29) is 12.4 Å². The molecule has 9 nitrogen and oxygen atoms in total. The Labute approximate surface area is 119 Å². The van der Waals surface area contributed by atoms with Crippen LogP contribution in [-0.2, 0) is 23.7 Å². The molecule has 0 spiro atoms. The third-order valence-corrected chi connectivity index (χ3v) is 2.76. The molecule has 2 aliphatic heterocycles. The Morgan fingerprint density at radius 2 is 2.19 bits per heavy atom. The monoisotopic (exact) mass is 295 g/mol. The highest BCUT2D eigenvalue weighted by Gasteiger charge is 2.27. The molecule has 0 unspecified atom stereocenters. The molecule has 0 aromatic carbocycles. The smallest absolute Gasteiger partial charge is 0.351 e. The van der Waals surface area contributed by atoms with Crippen molar-refractivity contribution in [2.75, 3.05) is 25.6 Å². The van der Waals surface area contributed by atoms with Crippen molar-refractivity contribution in [3.05, 3.63) is 22.7 Å². The molecule has 1 aromatic rings. The van der Waals surface area contributed by atoms with E-state index in [1.165, 1.54) is 16.8 Å². The normalized spacial score (nSPS) is 25.5. The number of aromatic nitrogens is 2. The lowest BCUT2D eigenvalue weighted by Crippen LogP contribution is -2.28. The molecule has 0 radical (unpaired) electrons. The molecule has 0 aliphatic carbocycles. The van der Waals surface area contributed by atoms with E-state index < -0.39 is 24.7 Å². The van der Waals surface area contributed by atoms with Crippen LogP contribution in [0.25, 0.3) is 0 Å². The van der Waals surface area contributed by atoms with E-state index in [0.717, 1.165) is 0 Å². The van der Waals surface area contributed by atoms with E-state index in [1.807, 2.05) is 0 Å². The number of nitrogens with two attached hydrogens (primary N) is 1. The first-order valence-corrected chi connectivity index (χ1v) is 6.23. The van der Waals surface area contributed by atoms with Gasteiger partial charge in [0.1, 0.15) is 11.9 Å². The van der Waals surface area contributed by atoms with Gasteiger partial charge in [-0.3, -0.25) is 4.57 Å². The summed E-state index contributed by atoms with van der Waals surface area (Å²) in [7, 11) is 0. The summed E-state index contributed by atoms with van der Waals surface area (Å²) < 4.78 is 27.1. The topological polar surface area (TPSA) is 107 Å². The Morgan fingerprint density at radius 1 is 1.38 bits per heavy atom. The van der Waals surface area contributed by atoms with E-state index in [9.17, 15) is 4.79 Å². The van der Waals surface area contributed by atoms with Gasteiger partial charge >= 0.3 is 12.2 Å². The number of nitrogen functional groups attached to an aromatic ring is 1. The maximum atomic E-state index is 11.7. The molecule has 2 saturated heterocycles. The van der Waals surface area contributed by atoms with Crippen LogP contribution in [0.15, 0.2) is 17.1 Å². The van der Waals surface area contributed by atoms with Gasteiger partial charge in [-0.05, 0) is 6.07 Å². The quantitative estimate of drug-likeness (QED) is 0.693. The van der Waals surface area contributed by atoms with Gasteiger partial charge in [-0.15, -0.1) is 0 Å². The van der Waals surface area contributed by atoms with Crippen molar-refractivity contribution in [3.8, 4) is 12.0 Å². The zero-order valence-electron chi connectivity index (χ0n) is 10.9. The summed E-state index contributed by atoms with van der Waals surface area (Å²) in [6.45, 7) is 0.329. The first kappa shape index (κ1) is 13.8. The van der Waals surface area contributed by atoms with Gasteiger partial charge in [0.25, 0.3) is 0 Å². The summed E-state index contributed by atoms with van der Waals surface area (Å²) >= 11 is 0. The minimum atomic E-state index is -0.805. The van der Waals surface area contributed by atoms with E-state index in [2.05, 4.69) is 17.0 Å². The Morgan fingerprint density at radius 3 is 2.95 bits per heavy atom. The lowest BCUT2D eigenvalue weighted by molar-refractivity contribution is -0.192. The number of nitrogens with zero attached hydrogens (tertiary/aromatic N) is 2. The van der Waals surface area contributed by atoms with E-state index >= 15 is 0 Å². The standard InChI is InChI=1S/C12H13N3O6/c13-8-1-3-15(11(16)14-8)9-7-20-10(21-9)2-4-17-12-18-5-6-19-12/h1,3,9-10,12H,5-7H2,(H2,13,14,16)/t9-,10-/m0/s1. The molecule has 3 rings (SSSR count). The summed E-state index contributed by atoms with van der Waals surface area (Å²) in [5, 5.41) is 0.